The van der Waals surface area contributed by atoms with Crippen LogP contribution in [0.25, 0.3) is 0 Å². The van der Waals surface area contributed by atoms with Crippen molar-refractivity contribution in [1.29, 1.82) is 0 Å². The van der Waals surface area contributed by atoms with Gasteiger partial charge in [0.05, 0.1) is 0 Å². The first-order valence-electron chi connectivity index (χ1n) is 10.1. The quantitative estimate of drug-likeness (QED) is 0.595. The van der Waals surface area contributed by atoms with Gasteiger partial charge in [0.25, 0.3) is 5.91 Å². The van der Waals surface area contributed by atoms with Crippen molar-refractivity contribution in [3.05, 3.63) is 64.9 Å². The molecule has 0 unspecified atom stereocenters. The maximum atomic E-state index is 13.1. The topological polar surface area (TPSA) is 58.6 Å². The molecule has 2 aromatic carbocycles. The molecule has 0 fully saturated rings. The molecule has 1 N–H and O–H groups in total. The van der Waals surface area contributed by atoms with Gasteiger partial charge >= 0.3 is 0 Å². The van der Waals surface area contributed by atoms with Crippen LogP contribution in [-0.4, -0.2) is 35.4 Å². The molecular weight excluding hydrogens is 407 g/mol. The van der Waals surface area contributed by atoms with Crippen LogP contribution in [-0.2, 0) is 16.1 Å². The zero-order chi connectivity index (χ0) is 22.1. The van der Waals surface area contributed by atoms with E-state index < -0.39 is 6.04 Å². The summed E-state index contributed by atoms with van der Waals surface area (Å²) in [5.74, 6) is -0.532. The summed E-state index contributed by atoms with van der Waals surface area (Å²) in [5, 5.41) is 3.55. The van der Waals surface area contributed by atoms with E-state index in [2.05, 4.69) is 5.32 Å². The van der Waals surface area contributed by atoms with Crippen molar-refractivity contribution in [2.24, 2.45) is 0 Å². The lowest BCUT2D eigenvalue weighted by Crippen LogP contribution is -2.51. The number of amides is 2. The number of nitrogens with one attached hydrogen (secondary N) is 1. The molecule has 2 aromatic rings. The Hall–Kier alpha value is -2.60. The molecule has 0 saturated heterocycles. The molecule has 5 nitrogen and oxygen atoms in total. The van der Waals surface area contributed by atoms with Gasteiger partial charge in [-0.2, -0.15) is 0 Å². The molecule has 0 radical (unpaired) electrons. The normalized spacial score (nSPS) is 12.7. The Balaban J connectivity index is 2.19. The number of hydrogen-bond acceptors (Lipinski definition) is 3. The van der Waals surface area contributed by atoms with Crippen molar-refractivity contribution < 1.29 is 18.7 Å². The van der Waals surface area contributed by atoms with E-state index in [-0.39, 0.29) is 36.8 Å². The van der Waals surface area contributed by atoms with E-state index in [0.29, 0.717) is 17.2 Å². The van der Waals surface area contributed by atoms with Gasteiger partial charge in [-0.15, -0.1) is 0 Å². The van der Waals surface area contributed by atoms with Crippen LogP contribution in [0.3, 0.4) is 0 Å². The number of benzene rings is 2. The molecule has 30 heavy (non-hydrogen) atoms. The van der Waals surface area contributed by atoms with E-state index in [1.807, 2.05) is 32.9 Å². The van der Waals surface area contributed by atoms with Crippen LogP contribution in [0.15, 0.2) is 48.5 Å². The fourth-order valence-corrected chi connectivity index (χ4v) is 3.03. The highest BCUT2D eigenvalue weighted by atomic mass is 35.5. The standard InChI is InChI=1S/C23H28ClFN2O3/c1-4-16(3)26-23(29)21(5-2)27(14-17-6-8-18(24)9-7-17)22(28)15-30-20-12-10-19(25)11-13-20/h6-13,16,21H,4-5,14-15H2,1-3H3,(H,26,29)/t16-,21+/m1/s1. The van der Waals surface area contributed by atoms with Crippen LogP contribution in [0.1, 0.15) is 39.2 Å². The molecule has 0 bridgehead atoms. The Morgan fingerprint density at radius 2 is 1.70 bits per heavy atom. The minimum Gasteiger partial charge on any atom is -0.484 e. The van der Waals surface area contributed by atoms with E-state index in [1.54, 1.807) is 12.1 Å². The number of nitrogens with zero attached hydrogens (tertiary/aromatic N) is 1. The predicted molar refractivity (Wildman–Crippen MR) is 116 cm³/mol. The summed E-state index contributed by atoms with van der Waals surface area (Å²) >= 11 is 5.96. The molecule has 7 heteroatoms. The van der Waals surface area contributed by atoms with Crippen molar-refractivity contribution in [3.8, 4) is 5.75 Å². The van der Waals surface area contributed by atoms with Gasteiger partial charge in [0.1, 0.15) is 17.6 Å². The maximum absolute atomic E-state index is 13.1. The van der Waals surface area contributed by atoms with Gasteiger partial charge in [0.2, 0.25) is 5.91 Å². The zero-order valence-corrected chi connectivity index (χ0v) is 18.3. The summed E-state index contributed by atoms with van der Waals surface area (Å²) in [4.78, 5) is 27.4. The molecule has 2 amide bonds. The monoisotopic (exact) mass is 434 g/mol. The molecule has 0 aliphatic heterocycles. The van der Waals surface area contributed by atoms with Crippen LogP contribution in [0.5, 0.6) is 5.75 Å². The van der Waals surface area contributed by atoms with E-state index in [9.17, 15) is 14.0 Å². The Morgan fingerprint density at radius 1 is 1.07 bits per heavy atom. The molecular formula is C23H28ClFN2O3. The highest BCUT2D eigenvalue weighted by Gasteiger charge is 2.29. The van der Waals surface area contributed by atoms with Crippen LogP contribution in [0.4, 0.5) is 4.39 Å². The van der Waals surface area contributed by atoms with E-state index in [4.69, 9.17) is 16.3 Å². The fraction of sp³-hybridized carbons (Fsp3) is 0.391. The van der Waals surface area contributed by atoms with Crippen LogP contribution < -0.4 is 10.1 Å². The maximum Gasteiger partial charge on any atom is 0.261 e. The lowest BCUT2D eigenvalue weighted by Gasteiger charge is -2.31. The summed E-state index contributed by atoms with van der Waals surface area (Å²) in [7, 11) is 0. The molecule has 2 rings (SSSR count). The van der Waals surface area contributed by atoms with Crippen LogP contribution in [0, 0.1) is 5.82 Å². The molecule has 0 aliphatic carbocycles. The number of hydrogen-bond donors (Lipinski definition) is 1. The minimum absolute atomic E-state index is 0.00880. The number of halogens is 2. The van der Waals surface area contributed by atoms with Gasteiger partial charge in [-0.05, 0) is 61.7 Å². The first kappa shape index (κ1) is 23.7. The predicted octanol–water partition coefficient (Wildman–Crippen LogP) is 4.58. The number of rotatable bonds is 10. The number of carbonyl (C=O) groups is 2. The van der Waals surface area contributed by atoms with Gasteiger partial charge < -0.3 is 15.0 Å². The number of carbonyl (C=O) groups excluding carboxylic acids is 2. The first-order chi connectivity index (χ1) is 14.3. The second kappa shape index (κ2) is 11.6. The summed E-state index contributed by atoms with van der Waals surface area (Å²) in [6, 6.07) is 11.9. The van der Waals surface area contributed by atoms with Crippen molar-refractivity contribution in [2.45, 2.75) is 52.2 Å². The van der Waals surface area contributed by atoms with Gasteiger partial charge in [0.15, 0.2) is 6.61 Å². The molecule has 162 valence electrons. The summed E-state index contributed by atoms with van der Waals surface area (Å²) in [5.41, 5.74) is 0.851. The molecule has 0 aliphatic rings. The van der Waals surface area contributed by atoms with Crippen molar-refractivity contribution in [1.82, 2.24) is 10.2 Å². The minimum atomic E-state index is -0.640. The van der Waals surface area contributed by atoms with Crippen molar-refractivity contribution in [2.75, 3.05) is 6.61 Å². The largest absolute Gasteiger partial charge is 0.484 e. The molecule has 0 heterocycles. The van der Waals surface area contributed by atoms with Gasteiger partial charge in [0, 0.05) is 17.6 Å². The third kappa shape index (κ3) is 7.02. The third-order valence-corrected chi connectivity index (χ3v) is 5.08. The number of ether oxygens (including phenoxy) is 1. The van der Waals surface area contributed by atoms with Crippen LogP contribution in [0.2, 0.25) is 5.02 Å². The van der Waals surface area contributed by atoms with Gasteiger partial charge in [-0.1, -0.05) is 37.6 Å². The Labute approximate surface area is 182 Å². The second-order valence-corrected chi connectivity index (χ2v) is 7.57. The lowest BCUT2D eigenvalue weighted by molar-refractivity contribution is -0.143. The molecule has 0 aromatic heterocycles. The summed E-state index contributed by atoms with van der Waals surface area (Å²) in [6.45, 7) is 5.76. The zero-order valence-electron chi connectivity index (χ0n) is 17.5. The second-order valence-electron chi connectivity index (χ2n) is 7.13. The summed E-state index contributed by atoms with van der Waals surface area (Å²) in [6.07, 6.45) is 1.25. The SMILES string of the molecule is CC[C@@H](C)NC(=O)[C@H](CC)N(Cc1ccc(Cl)cc1)C(=O)COc1ccc(F)cc1. The Kier molecular flexibility index (Phi) is 9.12. The van der Waals surface area contributed by atoms with Crippen LogP contribution >= 0.6 is 11.6 Å². The van der Waals surface area contributed by atoms with Gasteiger partial charge in [-0.25, -0.2) is 4.39 Å². The van der Waals surface area contributed by atoms with Crippen molar-refractivity contribution >= 4 is 23.4 Å². The Morgan fingerprint density at radius 3 is 2.27 bits per heavy atom. The molecule has 0 spiro atoms. The summed E-state index contributed by atoms with van der Waals surface area (Å²) < 4.78 is 18.6. The lowest BCUT2D eigenvalue weighted by atomic mass is 10.1. The van der Waals surface area contributed by atoms with E-state index >= 15 is 0 Å². The average Bonchev–Trinajstić information content (AvgIpc) is 2.74. The smallest absolute Gasteiger partial charge is 0.261 e. The highest BCUT2D eigenvalue weighted by Crippen LogP contribution is 2.17. The first-order valence-corrected chi connectivity index (χ1v) is 10.4. The average molecular weight is 435 g/mol. The molecule has 0 saturated carbocycles. The fourth-order valence-electron chi connectivity index (χ4n) is 2.91. The third-order valence-electron chi connectivity index (χ3n) is 4.83. The van der Waals surface area contributed by atoms with E-state index in [0.717, 1.165) is 12.0 Å². The van der Waals surface area contributed by atoms with Gasteiger partial charge in [-0.3, -0.25) is 9.59 Å². The van der Waals surface area contributed by atoms with E-state index in [1.165, 1.54) is 29.2 Å². The van der Waals surface area contributed by atoms with Crippen molar-refractivity contribution in [3.63, 3.8) is 0 Å². The Bertz CT molecular complexity index is 827. The molecule has 2 atom stereocenters. The highest BCUT2D eigenvalue weighted by molar-refractivity contribution is 6.30.